The number of esters is 2. The fraction of sp³-hybridized carbons (Fsp3) is 0.875. The van der Waals surface area contributed by atoms with Gasteiger partial charge < -0.3 is 9.47 Å². The van der Waals surface area contributed by atoms with Crippen LogP contribution in [-0.4, -0.2) is 25.2 Å². The molecule has 0 saturated heterocycles. The van der Waals surface area contributed by atoms with Gasteiger partial charge in [0.05, 0.1) is 18.9 Å². The Bertz CT molecular complexity index is 336. The summed E-state index contributed by atoms with van der Waals surface area (Å²) in [5, 5.41) is 0. The molecule has 0 aliphatic heterocycles. The van der Waals surface area contributed by atoms with Gasteiger partial charge in [-0.05, 0) is 57.3 Å². The van der Waals surface area contributed by atoms with Gasteiger partial charge in [-0.15, -0.1) is 0 Å². The highest BCUT2D eigenvalue weighted by molar-refractivity contribution is 5.73. The molecule has 0 N–H and O–H groups in total. The second-order valence-electron chi connectivity index (χ2n) is 6.39. The van der Waals surface area contributed by atoms with E-state index >= 15 is 0 Å². The van der Waals surface area contributed by atoms with Crippen molar-refractivity contribution in [2.75, 3.05) is 7.11 Å². The largest absolute Gasteiger partial charge is 0.469 e. The second-order valence-corrected chi connectivity index (χ2v) is 6.39. The van der Waals surface area contributed by atoms with Gasteiger partial charge in [0.1, 0.15) is 6.10 Å². The lowest BCUT2D eigenvalue weighted by molar-refractivity contribution is -0.158. The number of hydrogen-bond donors (Lipinski definition) is 0. The van der Waals surface area contributed by atoms with Crippen LogP contribution in [0.1, 0.15) is 58.3 Å². The maximum atomic E-state index is 12.1. The van der Waals surface area contributed by atoms with Gasteiger partial charge in [-0.25, -0.2) is 0 Å². The Balaban J connectivity index is 1.72. The van der Waals surface area contributed by atoms with Crippen molar-refractivity contribution >= 4 is 11.9 Å². The van der Waals surface area contributed by atoms with E-state index in [1.807, 2.05) is 0 Å². The Labute approximate surface area is 121 Å². The predicted molar refractivity (Wildman–Crippen MR) is 75.0 cm³/mol. The second kappa shape index (κ2) is 7.09. The number of carbonyl (C=O) groups is 2. The third-order valence-corrected chi connectivity index (χ3v) is 4.84. The maximum Gasteiger partial charge on any atom is 0.309 e. The molecule has 4 nitrogen and oxygen atoms in total. The van der Waals surface area contributed by atoms with Crippen molar-refractivity contribution in [3.8, 4) is 0 Å². The third-order valence-electron chi connectivity index (χ3n) is 4.84. The van der Waals surface area contributed by atoms with Gasteiger partial charge in [0.2, 0.25) is 0 Å². The molecule has 2 fully saturated rings. The molecule has 0 amide bonds. The first kappa shape index (κ1) is 15.3. The van der Waals surface area contributed by atoms with Crippen LogP contribution in [0.2, 0.25) is 0 Å². The summed E-state index contributed by atoms with van der Waals surface area (Å²) in [4.78, 5) is 23.6. The normalized spacial score (nSPS) is 34.3. The van der Waals surface area contributed by atoms with Gasteiger partial charge in [-0.3, -0.25) is 9.59 Å². The molecule has 0 spiro atoms. The lowest BCUT2D eigenvalue weighted by Crippen LogP contribution is -2.31. The summed E-state index contributed by atoms with van der Waals surface area (Å²) in [6, 6.07) is 0. The van der Waals surface area contributed by atoms with E-state index in [9.17, 15) is 9.59 Å². The van der Waals surface area contributed by atoms with Crippen LogP contribution in [0.4, 0.5) is 0 Å². The minimum Gasteiger partial charge on any atom is -0.469 e. The first-order valence-corrected chi connectivity index (χ1v) is 7.88. The van der Waals surface area contributed by atoms with Crippen molar-refractivity contribution in [3.05, 3.63) is 0 Å². The van der Waals surface area contributed by atoms with Crippen molar-refractivity contribution in [1.29, 1.82) is 0 Å². The zero-order valence-corrected chi connectivity index (χ0v) is 12.6. The van der Waals surface area contributed by atoms with Gasteiger partial charge in [-0.2, -0.15) is 0 Å². The van der Waals surface area contributed by atoms with Gasteiger partial charge in [0, 0.05) is 0 Å². The van der Waals surface area contributed by atoms with Gasteiger partial charge in [-0.1, -0.05) is 6.92 Å². The molecule has 2 saturated carbocycles. The Morgan fingerprint density at radius 2 is 1.30 bits per heavy atom. The Hall–Kier alpha value is -1.06. The zero-order chi connectivity index (χ0) is 14.5. The van der Waals surface area contributed by atoms with E-state index < -0.39 is 0 Å². The van der Waals surface area contributed by atoms with Crippen LogP contribution in [0, 0.1) is 17.8 Å². The topological polar surface area (TPSA) is 52.6 Å². The van der Waals surface area contributed by atoms with Crippen molar-refractivity contribution in [2.45, 2.75) is 64.4 Å². The van der Waals surface area contributed by atoms with E-state index in [1.54, 1.807) is 0 Å². The van der Waals surface area contributed by atoms with Crippen LogP contribution in [-0.2, 0) is 19.1 Å². The van der Waals surface area contributed by atoms with Crippen LogP contribution >= 0.6 is 0 Å². The standard InChI is InChI=1S/C16H26O4/c1-11-3-5-13(6-4-11)16(18)20-14-9-7-12(8-10-14)15(17)19-2/h11-14H,3-10H2,1-2H3. The highest BCUT2D eigenvalue weighted by Crippen LogP contribution is 2.32. The van der Waals surface area contributed by atoms with E-state index in [0.29, 0.717) is 0 Å². The molecule has 2 aliphatic carbocycles. The molecule has 0 aromatic rings. The Kier molecular flexibility index (Phi) is 5.44. The predicted octanol–water partition coefficient (Wildman–Crippen LogP) is 3.09. The van der Waals surface area contributed by atoms with Crippen LogP contribution in [0.25, 0.3) is 0 Å². The summed E-state index contributed by atoms with van der Waals surface area (Å²) in [5.74, 6) is 0.694. The first-order chi connectivity index (χ1) is 9.60. The SMILES string of the molecule is COC(=O)C1CCC(OC(=O)C2CCC(C)CC2)CC1. The van der Waals surface area contributed by atoms with Crippen LogP contribution in [0.3, 0.4) is 0 Å². The molecule has 0 unspecified atom stereocenters. The first-order valence-electron chi connectivity index (χ1n) is 7.88. The highest BCUT2D eigenvalue weighted by Gasteiger charge is 2.31. The van der Waals surface area contributed by atoms with Crippen molar-refractivity contribution in [2.24, 2.45) is 17.8 Å². The number of hydrogen-bond acceptors (Lipinski definition) is 4. The zero-order valence-electron chi connectivity index (χ0n) is 12.6. The van der Waals surface area contributed by atoms with Gasteiger partial charge in [0.15, 0.2) is 0 Å². The minimum atomic E-state index is -0.129. The minimum absolute atomic E-state index is 0.00255. The van der Waals surface area contributed by atoms with Crippen molar-refractivity contribution in [3.63, 3.8) is 0 Å². The molecule has 0 heterocycles. The summed E-state index contributed by atoms with van der Waals surface area (Å²) in [5.41, 5.74) is 0. The lowest BCUT2D eigenvalue weighted by atomic mass is 9.83. The van der Waals surface area contributed by atoms with Gasteiger partial charge in [0.25, 0.3) is 0 Å². The van der Waals surface area contributed by atoms with Crippen molar-refractivity contribution < 1.29 is 19.1 Å². The molecular formula is C16H26O4. The molecule has 0 atom stereocenters. The molecule has 2 rings (SSSR count). The fourth-order valence-corrected chi connectivity index (χ4v) is 3.34. The van der Waals surface area contributed by atoms with Crippen molar-refractivity contribution in [1.82, 2.24) is 0 Å². The van der Waals surface area contributed by atoms with Crippen LogP contribution in [0.15, 0.2) is 0 Å². The van der Waals surface area contributed by atoms with E-state index in [4.69, 9.17) is 9.47 Å². The number of carbonyl (C=O) groups excluding carboxylic acids is 2. The van der Waals surface area contributed by atoms with E-state index in [1.165, 1.54) is 7.11 Å². The average molecular weight is 282 g/mol. The smallest absolute Gasteiger partial charge is 0.309 e. The molecule has 114 valence electrons. The molecule has 0 aromatic carbocycles. The Morgan fingerprint density at radius 3 is 1.85 bits per heavy atom. The molecular weight excluding hydrogens is 256 g/mol. The van der Waals surface area contributed by atoms with Crippen LogP contribution < -0.4 is 0 Å². The molecule has 4 heteroatoms. The summed E-state index contributed by atoms with van der Waals surface area (Å²) in [7, 11) is 1.43. The fourth-order valence-electron chi connectivity index (χ4n) is 3.34. The van der Waals surface area contributed by atoms with Gasteiger partial charge >= 0.3 is 11.9 Å². The summed E-state index contributed by atoms with van der Waals surface area (Å²) < 4.78 is 10.4. The summed E-state index contributed by atoms with van der Waals surface area (Å²) in [6.07, 6.45) is 7.32. The molecule has 0 aromatic heterocycles. The molecule has 0 radical (unpaired) electrons. The molecule has 20 heavy (non-hydrogen) atoms. The summed E-state index contributed by atoms with van der Waals surface area (Å²) >= 11 is 0. The number of ether oxygens (including phenoxy) is 2. The van der Waals surface area contributed by atoms with E-state index in [-0.39, 0.29) is 29.9 Å². The highest BCUT2D eigenvalue weighted by atomic mass is 16.5. The molecule has 0 bridgehead atoms. The molecule has 2 aliphatic rings. The van der Waals surface area contributed by atoms with Crippen LogP contribution in [0.5, 0.6) is 0 Å². The third kappa shape index (κ3) is 3.97. The number of rotatable bonds is 3. The average Bonchev–Trinajstić information content (AvgIpc) is 2.48. The maximum absolute atomic E-state index is 12.1. The quantitative estimate of drug-likeness (QED) is 0.746. The van der Waals surface area contributed by atoms with E-state index in [2.05, 4.69) is 6.92 Å². The monoisotopic (exact) mass is 282 g/mol. The number of methoxy groups -OCH3 is 1. The Morgan fingerprint density at radius 1 is 0.800 bits per heavy atom. The van der Waals surface area contributed by atoms with E-state index in [0.717, 1.165) is 57.3 Å². The summed E-state index contributed by atoms with van der Waals surface area (Å²) in [6.45, 7) is 2.25. The lowest BCUT2D eigenvalue weighted by Gasteiger charge is -2.30.